The zero-order valence-corrected chi connectivity index (χ0v) is 8.79. The Morgan fingerprint density at radius 3 is 2.53 bits per heavy atom. The SMILES string of the molecule is O=S(=O)(NCC[C@H]1CCCN1)C(F)(F)F. The molecule has 0 amide bonds. The summed E-state index contributed by atoms with van der Waals surface area (Å²) in [5.74, 6) is 0. The van der Waals surface area contributed by atoms with E-state index in [2.05, 4.69) is 5.32 Å². The Bertz CT molecular complexity index is 296. The van der Waals surface area contributed by atoms with Crippen molar-refractivity contribution < 1.29 is 21.6 Å². The maximum atomic E-state index is 11.9. The predicted molar refractivity (Wildman–Crippen MR) is 48.6 cm³/mol. The van der Waals surface area contributed by atoms with Crippen molar-refractivity contribution in [1.82, 2.24) is 10.0 Å². The van der Waals surface area contributed by atoms with Gasteiger partial charge in [-0.1, -0.05) is 0 Å². The van der Waals surface area contributed by atoms with Crippen LogP contribution in [0.25, 0.3) is 0 Å². The fourth-order valence-electron chi connectivity index (χ4n) is 1.45. The first-order valence-corrected chi connectivity index (χ1v) is 6.10. The first-order chi connectivity index (χ1) is 6.83. The van der Waals surface area contributed by atoms with Crippen LogP contribution in [0.4, 0.5) is 13.2 Å². The van der Waals surface area contributed by atoms with Gasteiger partial charge in [0.15, 0.2) is 0 Å². The largest absolute Gasteiger partial charge is 0.511 e. The smallest absolute Gasteiger partial charge is 0.314 e. The summed E-state index contributed by atoms with van der Waals surface area (Å²) in [6, 6.07) is 0.126. The van der Waals surface area contributed by atoms with Crippen LogP contribution in [-0.2, 0) is 10.0 Å². The van der Waals surface area contributed by atoms with E-state index in [1.807, 2.05) is 0 Å². The molecule has 15 heavy (non-hydrogen) atoms. The number of hydrogen-bond acceptors (Lipinski definition) is 3. The molecule has 0 aromatic heterocycles. The molecule has 1 saturated heterocycles. The van der Waals surface area contributed by atoms with Crippen molar-refractivity contribution in [2.45, 2.75) is 30.8 Å². The second-order valence-electron chi connectivity index (χ2n) is 3.43. The fraction of sp³-hybridized carbons (Fsp3) is 1.00. The van der Waals surface area contributed by atoms with Crippen molar-refractivity contribution in [3.8, 4) is 0 Å². The molecule has 8 heteroatoms. The van der Waals surface area contributed by atoms with Crippen molar-refractivity contribution in [2.75, 3.05) is 13.1 Å². The van der Waals surface area contributed by atoms with Gasteiger partial charge in [-0.15, -0.1) is 0 Å². The average Bonchev–Trinajstić information content (AvgIpc) is 2.54. The van der Waals surface area contributed by atoms with Gasteiger partial charge in [-0.3, -0.25) is 0 Å². The third-order valence-corrected chi connectivity index (χ3v) is 3.45. The molecule has 1 aliphatic heterocycles. The third kappa shape index (κ3) is 3.62. The first-order valence-electron chi connectivity index (χ1n) is 4.62. The Labute approximate surface area is 86.3 Å². The number of rotatable bonds is 4. The molecule has 1 atom stereocenters. The summed E-state index contributed by atoms with van der Waals surface area (Å²) >= 11 is 0. The second-order valence-corrected chi connectivity index (χ2v) is 5.18. The number of alkyl halides is 3. The van der Waals surface area contributed by atoms with Crippen LogP contribution in [0.2, 0.25) is 0 Å². The van der Waals surface area contributed by atoms with Gasteiger partial charge in [-0.05, 0) is 25.8 Å². The number of hydrogen-bond donors (Lipinski definition) is 2. The first kappa shape index (κ1) is 12.7. The van der Waals surface area contributed by atoms with E-state index in [0.717, 1.165) is 19.4 Å². The maximum absolute atomic E-state index is 11.9. The van der Waals surface area contributed by atoms with E-state index in [0.29, 0.717) is 6.42 Å². The molecule has 90 valence electrons. The quantitative estimate of drug-likeness (QED) is 0.762. The summed E-state index contributed by atoms with van der Waals surface area (Å²) in [7, 11) is -5.17. The molecule has 4 nitrogen and oxygen atoms in total. The van der Waals surface area contributed by atoms with E-state index in [-0.39, 0.29) is 12.6 Å². The van der Waals surface area contributed by atoms with E-state index in [1.165, 1.54) is 4.72 Å². The fourth-order valence-corrected chi connectivity index (χ4v) is 2.00. The highest BCUT2D eigenvalue weighted by Gasteiger charge is 2.45. The molecule has 0 saturated carbocycles. The molecule has 0 aromatic rings. The van der Waals surface area contributed by atoms with Gasteiger partial charge < -0.3 is 5.32 Å². The molecule has 1 heterocycles. The monoisotopic (exact) mass is 246 g/mol. The van der Waals surface area contributed by atoms with Crippen molar-refractivity contribution in [2.24, 2.45) is 0 Å². The lowest BCUT2D eigenvalue weighted by molar-refractivity contribution is -0.0447. The molecule has 1 fully saturated rings. The summed E-state index contributed by atoms with van der Waals surface area (Å²) in [5, 5.41) is 3.07. The minimum absolute atomic E-state index is 0.126. The highest BCUT2D eigenvalue weighted by atomic mass is 32.2. The zero-order valence-electron chi connectivity index (χ0n) is 7.97. The van der Waals surface area contributed by atoms with Crippen LogP contribution < -0.4 is 10.0 Å². The van der Waals surface area contributed by atoms with Crippen molar-refractivity contribution in [3.63, 3.8) is 0 Å². The minimum atomic E-state index is -5.21. The summed E-state index contributed by atoms with van der Waals surface area (Å²) in [6.07, 6.45) is 2.25. The summed E-state index contributed by atoms with van der Waals surface area (Å²) in [6.45, 7) is 0.663. The standard InChI is InChI=1S/C7H13F3N2O2S/c8-7(9,10)15(13,14)12-5-3-6-2-1-4-11-6/h6,11-12H,1-5H2/t6-/m1/s1. The average molecular weight is 246 g/mol. The Hall–Kier alpha value is -0.340. The molecular formula is C7H13F3N2O2S. The van der Waals surface area contributed by atoms with Gasteiger partial charge in [-0.25, -0.2) is 13.1 Å². The highest BCUT2D eigenvalue weighted by molar-refractivity contribution is 7.90. The lowest BCUT2D eigenvalue weighted by Gasteiger charge is -2.12. The number of nitrogens with one attached hydrogen (secondary N) is 2. The normalized spacial score (nSPS) is 23.3. The minimum Gasteiger partial charge on any atom is -0.314 e. The van der Waals surface area contributed by atoms with Gasteiger partial charge in [0.05, 0.1) is 0 Å². The van der Waals surface area contributed by atoms with Gasteiger partial charge >= 0.3 is 15.5 Å². The number of halogens is 3. The van der Waals surface area contributed by atoms with Crippen molar-refractivity contribution in [1.29, 1.82) is 0 Å². The molecule has 1 aliphatic rings. The second kappa shape index (κ2) is 4.67. The molecule has 0 spiro atoms. The highest BCUT2D eigenvalue weighted by Crippen LogP contribution is 2.21. The molecule has 0 unspecified atom stereocenters. The van der Waals surface area contributed by atoms with Crippen LogP contribution in [0, 0.1) is 0 Å². The molecule has 0 aromatic carbocycles. The van der Waals surface area contributed by atoms with Gasteiger partial charge in [0.1, 0.15) is 0 Å². The van der Waals surface area contributed by atoms with Gasteiger partial charge in [0.2, 0.25) is 0 Å². The van der Waals surface area contributed by atoms with E-state index in [1.54, 1.807) is 0 Å². The Morgan fingerprint density at radius 1 is 1.40 bits per heavy atom. The van der Waals surface area contributed by atoms with E-state index < -0.39 is 15.5 Å². The zero-order chi connectivity index (χ0) is 11.5. The van der Waals surface area contributed by atoms with Crippen LogP contribution in [0.5, 0.6) is 0 Å². The van der Waals surface area contributed by atoms with Crippen LogP contribution in [-0.4, -0.2) is 33.1 Å². The Balaban J connectivity index is 2.30. The van der Waals surface area contributed by atoms with Crippen molar-refractivity contribution >= 4 is 10.0 Å². The molecular weight excluding hydrogens is 233 g/mol. The molecule has 0 bridgehead atoms. The van der Waals surface area contributed by atoms with Crippen LogP contribution >= 0.6 is 0 Å². The van der Waals surface area contributed by atoms with E-state index in [4.69, 9.17) is 0 Å². The molecule has 2 N–H and O–H groups in total. The van der Waals surface area contributed by atoms with Crippen LogP contribution in [0.3, 0.4) is 0 Å². The van der Waals surface area contributed by atoms with Crippen LogP contribution in [0.15, 0.2) is 0 Å². The molecule has 1 rings (SSSR count). The summed E-state index contributed by atoms with van der Waals surface area (Å²) < 4.78 is 58.3. The van der Waals surface area contributed by atoms with Gasteiger partial charge in [0, 0.05) is 12.6 Å². The third-order valence-electron chi connectivity index (χ3n) is 2.25. The van der Waals surface area contributed by atoms with Gasteiger partial charge in [-0.2, -0.15) is 13.2 Å². The van der Waals surface area contributed by atoms with Gasteiger partial charge in [0.25, 0.3) is 0 Å². The Kier molecular flexibility index (Phi) is 3.96. The lowest BCUT2D eigenvalue weighted by atomic mass is 10.2. The summed E-state index contributed by atoms with van der Waals surface area (Å²) in [4.78, 5) is 0. The number of sulfonamides is 1. The van der Waals surface area contributed by atoms with Crippen LogP contribution in [0.1, 0.15) is 19.3 Å². The van der Waals surface area contributed by atoms with Crippen molar-refractivity contribution in [3.05, 3.63) is 0 Å². The molecule has 0 aliphatic carbocycles. The Morgan fingerprint density at radius 2 is 2.07 bits per heavy atom. The lowest BCUT2D eigenvalue weighted by Crippen LogP contribution is -2.38. The predicted octanol–water partition coefficient (Wildman–Crippen LogP) is 0.568. The van der Waals surface area contributed by atoms with E-state index in [9.17, 15) is 21.6 Å². The molecule has 0 radical (unpaired) electrons. The topological polar surface area (TPSA) is 58.2 Å². The summed E-state index contributed by atoms with van der Waals surface area (Å²) in [5.41, 5.74) is -5.21. The maximum Gasteiger partial charge on any atom is 0.511 e. The van der Waals surface area contributed by atoms with E-state index >= 15 is 0 Å².